The van der Waals surface area contributed by atoms with E-state index in [1.54, 1.807) is 0 Å². The van der Waals surface area contributed by atoms with Crippen LogP contribution in [0.1, 0.15) is 32.1 Å². The van der Waals surface area contributed by atoms with Crippen LogP contribution in [0, 0.1) is 0 Å². The van der Waals surface area contributed by atoms with Crippen molar-refractivity contribution in [3.8, 4) is 0 Å². The molecule has 108 valence electrons. The van der Waals surface area contributed by atoms with Gasteiger partial charge in [-0.25, -0.2) is 9.89 Å². The van der Waals surface area contributed by atoms with Crippen LogP contribution in [0.5, 0.6) is 0 Å². The Hall–Kier alpha value is -1.89. The standard InChI is InChI=1S/C13H20N6O/c14-8-9-18(10-4-2-1-3-5-10)12-7-6-11-15-16-13(20)19(11)17-12/h6-7,10H,1-5,8-9,14H2,(H,16,20). The van der Waals surface area contributed by atoms with Gasteiger partial charge in [-0.2, -0.15) is 9.61 Å². The van der Waals surface area contributed by atoms with E-state index in [4.69, 9.17) is 5.73 Å². The monoisotopic (exact) mass is 276 g/mol. The first kappa shape index (κ1) is 13.1. The van der Waals surface area contributed by atoms with Crippen LogP contribution in [-0.2, 0) is 0 Å². The Balaban J connectivity index is 1.95. The molecule has 0 radical (unpaired) electrons. The van der Waals surface area contributed by atoms with Gasteiger partial charge in [-0.15, -0.1) is 5.10 Å². The topological polar surface area (TPSA) is 92.3 Å². The molecule has 0 amide bonds. The number of nitrogens with zero attached hydrogens (tertiary/aromatic N) is 4. The molecule has 0 unspecified atom stereocenters. The molecule has 2 aromatic heterocycles. The fraction of sp³-hybridized carbons (Fsp3) is 0.615. The van der Waals surface area contributed by atoms with Gasteiger partial charge >= 0.3 is 5.69 Å². The summed E-state index contributed by atoms with van der Waals surface area (Å²) in [6.07, 6.45) is 6.14. The first-order chi connectivity index (χ1) is 9.79. The van der Waals surface area contributed by atoms with Crippen LogP contribution in [0.4, 0.5) is 5.82 Å². The molecule has 7 heteroatoms. The molecule has 2 heterocycles. The fourth-order valence-corrected chi connectivity index (χ4v) is 2.96. The highest BCUT2D eigenvalue weighted by molar-refractivity contribution is 5.45. The zero-order valence-electron chi connectivity index (χ0n) is 11.5. The van der Waals surface area contributed by atoms with E-state index in [1.807, 2.05) is 12.1 Å². The summed E-state index contributed by atoms with van der Waals surface area (Å²) in [5.41, 5.74) is 5.97. The molecule has 0 spiro atoms. The van der Waals surface area contributed by atoms with Crippen LogP contribution < -0.4 is 16.3 Å². The molecule has 3 N–H and O–H groups in total. The van der Waals surface area contributed by atoms with E-state index in [9.17, 15) is 4.79 Å². The Morgan fingerprint density at radius 2 is 2.15 bits per heavy atom. The van der Waals surface area contributed by atoms with Gasteiger partial charge in [0.15, 0.2) is 5.65 Å². The molecule has 7 nitrogen and oxygen atoms in total. The predicted octanol–water partition coefficient (Wildman–Crippen LogP) is 0.515. The van der Waals surface area contributed by atoms with Crippen LogP contribution in [0.2, 0.25) is 0 Å². The van der Waals surface area contributed by atoms with E-state index in [-0.39, 0.29) is 5.69 Å². The molecule has 0 aliphatic heterocycles. The highest BCUT2D eigenvalue weighted by Crippen LogP contribution is 2.25. The van der Waals surface area contributed by atoms with E-state index in [1.165, 1.54) is 36.6 Å². The first-order valence-electron chi connectivity index (χ1n) is 7.21. The minimum atomic E-state index is -0.307. The summed E-state index contributed by atoms with van der Waals surface area (Å²) in [5, 5.41) is 10.7. The van der Waals surface area contributed by atoms with Gasteiger partial charge in [-0.3, -0.25) is 0 Å². The lowest BCUT2D eigenvalue weighted by Crippen LogP contribution is -2.41. The lowest BCUT2D eigenvalue weighted by atomic mass is 9.94. The third kappa shape index (κ3) is 2.40. The third-order valence-electron chi connectivity index (χ3n) is 3.94. The number of aromatic amines is 1. The molecule has 20 heavy (non-hydrogen) atoms. The van der Waals surface area contributed by atoms with E-state index in [0.29, 0.717) is 18.2 Å². The van der Waals surface area contributed by atoms with Gasteiger partial charge in [0.1, 0.15) is 5.82 Å². The molecule has 1 aliphatic rings. The van der Waals surface area contributed by atoms with E-state index < -0.39 is 0 Å². The molecule has 3 rings (SSSR count). The molecule has 0 aromatic carbocycles. The quantitative estimate of drug-likeness (QED) is 0.849. The second-order valence-electron chi connectivity index (χ2n) is 5.26. The van der Waals surface area contributed by atoms with Crippen molar-refractivity contribution in [3.05, 3.63) is 22.6 Å². The SMILES string of the molecule is NCCN(c1ccc2n[nH]c(=O)n2n1)C1CCCCC1. The van der Waals surface area contributed by atoms with Crippen LogP contribution >= 0.6 is 0 Å². The number of fused-ring (bicyclic) bond motifs is 1. The molecular weight excluding hydrogens is 256 g/mol. The normalized spacial score (nSPS) is 16.6. The van der Waals surface area contributed by atoms with E-state index in [2.05, 4.69) is 20.2 Å². The smallest absolute Gasteiger partial charge is 0.351 e. The number of nitrogens with one attached hydrogen (secondary N) is 1. The molecule has 1 fully saturated rings. The van der Waals surface area contributed by atoms with Gasteiger partial charge < -0.3 is 10.6 Å². The number of rotatable bonds is 4. The summed E-state index contributed by atoms with van der Waals surface area (Å²) in [7, 11) is 0. The third-order valence-corrected chi connectivity index (χ3v) is 3.94. The maximum atomic E-state index is 11.6. The molecule has 0 saturated heterocycles. The van der Waals surface area contributed by atoms with Gasteiger partial charge in [0.2, 0.25) is 0 Å². The van der Waals surface area contributed by atoms with Crippen LogP contribution in [0.3, 0.4) is 0 Å². The predicted molar refractivity (Wildman–Crippen MR) is 76.9 cm³/mol. The number of hydrogen-bond donors (Lipinski definition) is 2. The van der Waals surface area contributed by atoms with Crippen LogP contribution in [0.25, 0.3) is 5.65 Å². The van der Waals surface area contributed by atoms with Crippen molar-refractivity contribution < 1.29 is 0 Å². The number of anilines is 1. The minimum absolute atomic E-state index is 0.307. The van der Waals surface area contributed by atoms with Crippen molar-refractivity contribution in [2.45, 2.75) is 38.1 Å². The molecule has 1 aliphatic carbocycles. The number of hydrogen-bond acceptors (Lipinski definition) is 5. The summed E-state index contributed by atoms with van der Waals surface area (Å²) in [6, 6.07) is 4.20. The number of nitrogens with two attached hydrogens (primary N) is 1. The molecule has 0 atom stereocenters. The van der Waals surface area contributed by atoms with Crippen LogP contribution in [0.15, 0.2) is 16.9 Å². The van der Waals surface area contributed by atoms with E-state index >= 15 is 0 Å². The lowest BCUT2D eigenvalue weighted by molar-refractivity contribution is 0.413. The molecular formula is C13H20N6O. The summed E-state index contributed by atoms with van der Waals surface area (Å²) in [6.45, 7) is 1.34. The maximum Gasteiger partial charge on any atom is 0.364 e. The molecule has 2 aromatic rings. The average Bonchev–Trinajstić information content (AvgIpc) is 2.87. The van der Waals surface area contributed by atoms with Gasteiger partial charge in [-0.1, -0.05) is 19.3 Å². The highest BCUT2D eigenvalue weighted by Gasteiger charge is 2.22. The van der Waals surface area contributed by atoms with Crippen molar-refractivity contribution in [2.75, 3.05) is 18.0 Å². The number of H-pyrrole nitrogens is 1. The van der Waals surface area contributed by atoms with Crippen molar-refractivity contribution >= 4 is 11.5 Å². The van der Waals surface area contributed by atoms with Gasteiger partial charge in [0.25, 0.3) is 0 Å². The van der Waals surface area contributed by atoms with E-state index in [0.717, 1.165) is 12.4 Å². The number of aromatic nitrogens is 4. The Morgan fingerprint density at radius 1 is 1.35 bits per heavy atom. The summed E-state index contributed by atoms with van der Waals surface area (Å²) in [4.78, 5) is 13.9. The largest absolute Gasteiger partial charge is 0.364 e. The van der Waals surface area contributed by atoms with Crippen LogP contribution in [-0.4, -0.2) is 38.9 Å². The van der Waals surface area contributed by atoms with Gasteiger partial charge in [-0.05, 0) is 25.0 Å². The summed E-state index contributed by atoms with van der Waals surface area (Å²) < 4.78 is 1.31. The van der Waals surface area contributed by atoms with Crippen molar-refractivity contribution in [1.29, 1.82) is 0 Å². The average molecular weight is 276 g/mol. The zero-order chi connectivity index (χ0) is 13.9. The summed E-state index contributed by atoms with van der Waals surface area (Å²) in [5.74, 6) is 0.804. The minimum Gasteiger partial charge on any atom is -0.351 e. The Kier molecular flexibility index (Phi) is 3.68. The second-order valence-corrected chi connectivity index (χ2v) is 5.26. The first-order valence-corrected chi connectivity index (χ1v) is 7.21. The van der Waals surface area contributed by atoms with Crippen molar-refractivity contribution in [2.24, 2.45) is 5.73 Å². The zero-order valence-corrected chi connectivity index (χ0v) is 11.5. The Bertz CT molecular complexity index is 627. The second kappa shape index (κ2) is 5.62. The lowest BCUT2D eigenvalue weighted by Gasteiger charge is -2.34. The van der Waals surface area contributed by atoms with Crippen molar-refractivity contribution in [3.63, 3.8) is 0 Å². The maximum absolute atomic E-state index is 11.6. The summed E-state index contributed by atoms with van der Waals surface area (Å²) >= 11 is 0. The fourth-order valence-electron chi connectivity index (χ4n) is 2.96. The Labute approximate surface area is 116 Å². The van der Waals surface area contributed by atoms with Gasteiger partial charge in [0.05, 0.1) is 0 Å². The molecule has 1 saturated carbocycles. The van der Waals surface area contributed by atoms with Crippen molar-refractivity contribution in [1.82, 2.24) is 19.8 Å². The highest BCUT2D eigenvalue weighted by atomic mass is 16.2. The Morgan fingerprint density at radius 3 is 2.90 bits per heavy atom. The molecule has 0 bridgehead atoms. The van der Waals surface area contributed by atoms with Gasteiger partial charge in [0, 0.05) is 19.1 Å².